The summed E-state index contributed by atoms with van der Waals surface area (Å²) in [6.07, 6.45) is 6.17. The Morgan fingerprint density at radius 3 is 2.26 bits per heavy atom. The number of carbonyl (C=O) groups is 1. The van der Waals surface area contributed by atoms with Gasteiger partial charge in [-0.2, -0.15) is 0 Å². The Bertz CT molecular complexity index is 1610. The molecule has 1 spiro atoms. The Morgan fingerprint density at radius 2 is 1.48 bits per heavy atom. The topological polar surface area (TPSA) is 42.0 Å². The molecule has 1 unspecified atom stereocenters. The molecular weight excluding hydrogens is 520 g/mol. The smallest absolute Gasteiger partial charge is 0.340 e. The van der Waals surface area contributed by atoms with E-state index in [1.807, 2.05) is 24.3 Å². The van der Waals surface area contributed by atoms with Crippen LogP contribution in [0.1, 0.15) is 78.6 Å². The van der Waals surface area contributed by atoms with Crippen LogP contribution in [-0.2, 0) is 16.9 Å². The van der Waals surface area contributed by atoms with Crippen molar-refractivity contribution >= 4 is 17.3 Å². The largest absolute Gasteiger partial charge is 0.456 e. The lowest BCUT2D eigenvalue weighted by Crippen LogP contribution is -2.37. The maximum atomic E-state index is 13.5. The summed E-state index contributed by atoms with van der Waals surface area (Å²) in [5.41, 5.74) is 5.69. The van der Waals surface area contributed by atoms with Gasteiger partial charge in [0, 0.05) is 59.8 Å². The number of nitrogens with zero attached hydrogens (tertiary/aromatic N) is 2. The highest BCUT2D eigenvalue weighted by molar-refractivity contribution is 5.97. The fraction of sp³-hybridized carbons (Fsp3) is 0.324. The zero-order chi connectivity index (χ0) is 28.7. The zero-order valence-electron chi connectivity index (χ0n) is 24.5. The predicted octanol–water partition coefficient (Wildman–Crippen LogP) is 8.44. The first-order chi connectivity index (χ1) is 20.6. The Kier molecular flexibility index (Phi) is 6.89. The summed E-state index contributed by atoms with van der Waals surface area (Å²) in [5.74, 6) is 1.17. The van der Waals surface area contributed by atoms with E-state index in [1.165, 1.54) is 37.7 Å². The lowest BCUT2D eigenvalue weighted by molar-refractivity contribution is 0.0224. The van der Waals surface area contributed by atoms with Crippen LogP contribution in [0.3, 0.4) is 0 Å². The molecule has 0 saturated heterocycles. The van der Waals surface area contributed by atoms with E-state index in [9.17, 15) is 4.79 Å². The monoisotopic (exact) mass is 558 g/mol. The van der Waals surface area contributed by atoms with Crippen molar-refractivity contribution in [2.45, 2.75) is 64.1 Å². The second-order valence-corrected chi connectivity index (χ2v) is 11.7. The van der Waals surface area contributed by atoms with Gasteiger partial charge in [0.2, 0.25) is 0 Å². The van der Waals surface area contributed by atoms with Crippen molar-refractivity contribution in [2.75, 3.05) is 22.9 Å². The van der Waals surface area contributed by atoms with E-state index in [0.717, 1.165) is 59.2 Å². The van der Waals surface area contributed by atoms with Crippen LogP contribution in [0.25, 0.3) is 0 Å². The third-order valence-electron chi connectivity index (χ3n) is 9.35. The second kappa shape index (κ2) is 10.9. The molecule has 0 aromatic heterocycles. The van der Waals surface area contributed by atoms with Crippen LogP contribution in [0.5, 0.6) is 11.5 Å². The van der Waals surface area contributed by atoms with Gasteiger partial charge in [-0.3, -0.25) is 0 Å². The molecule has 1 atom stereocenters. The molecule has 1 fully saturated rings. The molecule has 5 nitrogen and oxygen atoms in total. The van der Waals surface area contributed by atoms with Gasteiger partial charge in [0.15, 0.2) is 5.60 Å². The molecular formula is C37H38N2O3. The molecule has 0 amide bonds. The zero-order valence-corrected chi connectivity index (χ0v) is 24.5. The number of anilines is 2. The van der Waals surface area contributed by atoms with E-state index in [0.29, 0.717) is 11.6 Å². The average Bonchev–Trinajstić information content (AvgIpc) is 3.34. The van der Waals surface area contributed by atoms with Crippen molar-refractivity contribution in [2.24, 2.45) is 0 Å². The van der Waals surface area contributed by atoms with Crippen molar-refractivity contribution in [3.63, 3.8) is 0 Å². The summed E-state index contributed by atoms with van der Waals surface area (Å²) in [6.45, 7) is 6.95. The lowest BCUT2D eigenvalue weighted by atomic mass is 9.77. The van der Waals surface area contributed by atoms with E-state index < -0.39 is 5.60 Å². The number of hydrogen-bond donors (Lipinski definition) is 0. The van der Waals surface area contributed by atoms with Crippen molar-refractivity contribution in [1.82, 2.24) is 0 Å². The number of ether oxygens (including phenoxy) is 2. The Morgan fingerprint density at radius 1 is 0.738 bits per heavy atom. The quantitative estimate of drug-likeness (QED) is 0.213. The second-order valence-electron chi connectivity index (χ2n) is 11.7. The number of esters is 1. The van der Waals surface area contributed by atoms with Gasteiger partial charge in [-0.05, 0) is 68.7 Å². The summed E-state index contributed by atoms with van der Waals surface area (Å²) in [4.78, 5) is 18.3. The highest BCUT2D eigenvalue weighted by Crippen LogP contribution is 2.57. The van der Waals surface area contributed by atoms with Gasteiger partial charge in [0.1, 0.15) is 11.5 Å². The van der Waals surface area contributed by atoms with Crippen LogP contribution in [0.2, 0.25) is 0 Å². The third-order valence-corrected chi connectivity index (χ3v) is 9.35. The minimum absolute atomic E-state index is 0.295. The van der Waals surface area contributed by atoms with Gasteiger partial charge in [0.25, 0.3) is 0 Å². The standard InChI is InChI=1S/C37H38N2O3/c1-3-38(4-2)28-19-21-32-35(24-28)41-34-22-20-29(23-33(34)37(32)31-18-12-11-17-30(31)36(40)42-37)39(27-15-9-6-10-16-27)25-26-13-7-5-8-14-26/h5,7-8,11-14,17-24,27H,3-4,6,9-10,15-16,25H2,1-2H3. The summed E-state index contributed by atoms with van der Waals surface area (Å²) < 4.78 is 13.2. The van der Waals surface area contributed by atoms with Crippen molar-refractivity contribution in [3.05, 3.63) is 119 Å². The van der Waals surface area contributed by atoms with Crippen LogP contribution in [0, 0.1) is 0 Å². The molecule has 7 rings (SSSR count). The van der Waals surface area contributed by atoms with Crippen molar-refractivity contribution in [3.8, 4) is 11.5 Å². The van der Waals surface area contributed by atoms with Gasteiger partial charge in [-0.25, -0.2) is 4.79 Å². The molecule has 2 heterocycles. The molecule has 5 heteroatoms. The lowest BCUT2D eigenvalue weighted by Gasteiger charge is -2.40. The number of fused-ring (bicyclic) bond motifs is 6. The number of carbonyl (C=O) groups excluding carboxylic acids is 1. The maximum absolute atomic E-state index is 13.5. The van der Waals surface area contributed by atoms with Gasteiger partial charge in [0.05, 0.1) is 5.56 Å². The van der Waals surface area contributed by atoms with Crippen LogP contribution < -0.4 is 14.5 Å². The molecule has 4 aromatic rings. The molecule has 3 aliphatic rings. The third kappa shape index (κ3) is 4.34. The summed E-state index contributed by atoms with van der Waals surface area (Å²) in [5, 5.41) is 0. The minimum atomic E-state index is -1.07. The van der Waals surface area contributed by atoms with Crippen LogP contribution in [-0.4, -0.2) is 25.1 Å². The van der Waals surface area contributed by atoms with E-state index in [2.05, 4.69) is 90.4 Å². The molecule has 2 aliphatic heterocycles. The highest BCUT2D eigenvalue weighted by Gasteiger charge is 2.53. The van der Waals surface area contributed by atoms with E-state index >= 15 is 0 Å². The van der Waals surface area contributed by atoms with Gasteiger partial charge < -0.3 is 19.3 Å². The Labute approximate surface area is 248 Å². The van der Waals surface area contributed by atoms with Crippen LogP contribution >= 0.6 is 0 Å². The first-order valence-electron chi connectivity index (χ1n) is 15.5. The van der Waals surface area contributed by atoms with Crippen molar-refractivity contribution < 1.29 is 14.3 Å². The summed E-state index contributed by atoms with van der Waals surface area (Å²) in [7, 11) is 0. The van der Waals surface area contributed by atoms with Crippen LogP contribution in [0.4, 0.5) is 11.4 Å². The molecule has 0 bridgehead atoms. The minimum Gasteiger partial charge on any atom is -0.456 e. The van der Waals surface area contributed by atoms with Crippen molar-refractivity contribution in [1.29, 1.82) is 0 Å². The SMILES string of the molecule is CCN(CC)c1ccc2c(c1)Oc1ccc(N(Cc3ccccc3)C3CCCCC3)cc1C21OC(=O)c2ccccc21. The van der Waals surface area contributed by atoms with Gasteiger partial charge in [-0.15, -0.1) is 0 Å². The molecule has 214 valence electrons. The van der Waals surface area contributed by atoms with Crippen LogP contribution in [0.15, 0.2) is 91.0 Å². The van der Waals surface area contributed by atoms with Gasteiger partial charge in [-0.1, -0.05) is 67.8 Å². The maximum Gasteiger partial charge on any atom is 0.340 e. The molecule has 1 saturated carbocycles. The molecule has 0 N–H and O–H groups in total. The van der Waals surface area contributed by atoms with E-state index in [-0.39, 0.29) is 5.97 Å². The number of hydrogen-bond acceptors (Lipinski definition) is 5. The first-order valence-corrected chi connectivity index (χ1v) is 15.5. The van der Waals surface area contributed by atoms with Gasteiger partial charge >= 0.3 is 5.97 Å². The fourth-order valence-corrected chi connectivity index (χ4v) is 7.22. The molecule has 42 heavy (non-hydrogen) atoms. The van der Waals surface area contributed by atoms with E-state index in [4.69, 9.17) is 9.47 Å². The fourth-order valence-electron chi connectivity index (χ4n) is 7.22. The predicted molar refractivity (Wildman–Crippen MR) is 168 cm³/mol. The normalized spacial score (nSPS) is 19.0. The Balaban J connectivity index is 1.40. The summed E-state index contributed by atoms with van der Waals surface area (Å²) >= 11 is 0. The first kappa shape index (κ1) is 26.6. The average molecular weight is 559 g/mol. The molecule has 0 radical (unpaired) electrons. The molecule has 4 aromatic carbocycles. The number of rotatable bonds is 7. The van der Waals surface area contributed by atoms with E-state index in [1.54, 1.807) is 0 Å². The highest BCUT2D eigenvalue weighted by atomic mass is 16.6. The Hall–Kier alpha value is -4.25. The number of benzene rings is 4. The molecule has 1 aliphatic carbocycles. The summed E-state index contributed by atoms with van der Waals surface area (Å²) in [6, 6.07) is 31.8.